The van der Waals surface area contributed by atoms with Crippen LogP contribution in [0.4, 0.5) is 5.82 Å². The van der Waals surface area contributed by atoms with Crippen LogP contribution in [0.2, 0.25) is 0 Å². The summed E-state index contributed by atoms with van der Waals surface area (Å²) in [7, 11) is 4.06. The largest absolute Gasteiger partial charge is 0.481 e. The summed E-state index contributed by atoms with van der Waals surface area (Å²) in [5.74, 6) is 2.93. The summed E-state index contributed by atoms with van der Waals surface area (Å²) in [4.78, 5) is 26.9. The minimum absolute atomic E-state index is 0.0444. The number of likely N-dealkylation sites (N-methyl/N-ethyl adjacent to an activating group) is 1. The van der Waals surface area contributed by atoms with Crippen LogP contribution in [0.5, 0.6) is 5.75 Å². The normalized spacial score (nSPS) is 18.4. The average Bonchev–Trinajstić information content (AvgIpc) is 2.79. The second-order valence-corrected chi connectivity index (χ2v) is 8.77. The summed E-state index contributed by atoms with van der Waals surface area (Å²) in [6.07, 6.45) is 2.24. The molecule has 0 saturated carbocycles. The third-order valence-corrected chi connectivity index (χ3v) is 6.36. The van der Waals surface area contributed by atoms with Gasteiger partial charge in [0, 0.05) is 44.7 Å². The summed E-state index contributed by atoms with van der Waals surface area (Å²) >= 11 is 0. The number of hydrogen-bond donors (Lipinski definition) is 1. The minimum atomic E-state index is -0.495. The Morgan fingerprint density at radius 3 is 2.55 bits per heavy atom. The molecular formula is C24H33N5O2. The van der Waals surface area contributed by atoms with Crippen LogP contribution in [0.25, 0.3) is 0 Å². The van der Waals surface area contributed by atoms with Crippen molar-refractivity contribution >= 4 is 11.7 Å². The molecule has 3 heterocycles. The van der Waals surface area contributed by atoms with Crippen molar-refractivity contribution in [3.05, 3.63) is 46.9 Å². The van der Waals surface area contributed by atoms with Crippen LogP contribution in [0, 0.1) is 6.92 Å². The van der Waals surface area contributed by atoms with Gasteiger partial charge in [0.25, 0.3) is 5.91 Å². The van der Waals surface area contributed by atoms with E-state index in [4.69, 9.17) is 14.7 Å². The lowest BCUT2D eigenvalue weighted by atomic mass is 9.94. The van der Waals surface area contributed by atoms with Gasteiger partial charge < -0.3 is 19.9 Å². The molecule has 2 aliphatic heterocycles. The van der Waals surface area contributed by atoms with Gasteiger partial charge in [0.15, 0.2) is 6.10 Å². The topological polar surface area (TPSA) is 70.6 Å². The fraction of sp³-hybridized carbons (Fsp3) is 0.542. The van der Waals surface area contributed by atoms with Gasteiger partial charge in [-0.1, -0.05) is 17.7 Å². The molecular weight excluding hydrogens is 390 g/mol. The number of carbonyl (C=O) groups is 1. The molecule has 1 amide bonds. The Balaban J connectivity index is 1.38. The number of anilines is 1. The molecule has 0 spiro atoms. The van der Waals surface area contributed by atoms with Gasteiger partial charge in [-0.3, -0.25) is 4.79 Å². The first-order valence-corrected chi connectivity index (χ1v) is 11.2. The Morgan fingerprint density at radius 2 is 1.87 bits per heavy atom. The Morgan fingerprint density at radius 1 is 1.16 bits per heavy atom. The molecule has 7 heteroatoms. The average molecular weight is 424 g/mol. The molecule has 7 nitrogen and oxygen atoms in total. The first-order valence-electron chi connectivity index (χ1n) is 11.2. The van der Waals surface area contributed by atoms with E-state index in [9.17, 15) is 4.79 Å². The smallest absolute Gasteiger partial charge is 0.263 e. The summed E-state index contributed by atoms with van der Waals surface area (Å²) < 4.78 is 5.87. The number of rotatable bonds is 5. The number of amides is 1. The molecule has 4 rings (SSSR count). The zero-order valence-corrected chi connectivity index (χ0v) is 19.0. The lowest BCUT2D eigenvalue weighted by Crippen LogP contribution is -2.44. The van der Waals surface area contributed by atoms with Crippen molar-refractivity contribution in [2.45, 2.75) is 51.7 Å². The van der Waals surface area contributed by atoms with Crippen LogP contribution < -0.4 is 10.1 Å². The number of nitrogens with one attached hydrogen (secondary N) is 1. The predicted molar refractivity (Wildman–Crippen MR) is 121 cm³/mol. The van der Waals surface area contributed by atoms with E-state index in [1.54, 1.807) is 0 Å². The highest BCUT2D eigenvalue weighted by Crippen LogP contribution is 2.30. The number of hydrogen-bond acceptors (Lipinski definition) is 6. The van der Waals surface area contributed by atoms with Gasteiger partial charge in [0.2, 0.25) is 0 Å². The Hall–Kier alpha value is -2.67. The highest BCUT2D eigenvalue weighted by atomic mass is 16.5. The summed E-state index contributed by atoms with van der Waals surface area (Å²) in [6, 6.07) is 7.81. The Labute approximate surface area is 184 Å². The lowest BCUT2D eigenvalue weighted by molar-refractivity contribution is -0.139. The van der Waals surface area contributed by atoms with E-state index in [2.05, 4.69) is 17.3 Å². The van der Waals surface area contributed by atoms with Crippen LogP contribution in [0.3, 0.4) is 0 Å². The highest BCUT2D eigenvalue weighted by Gasteiger charge is 2.30. The van der Waals surface area contributed by atoms with E-state index in [1.807, 2.05) is 50.1 Å². The number of nitrogens with zero attached hydrogens (tertiary/aromatic N) is 4. The maximum atomic E-state index is 12.9. The van der Waals surface area contributed by atoms with E-state index < -0.39 is 6.10 Å². The first-order chi connectivity index (χ1) is 14.9. The summed E-state index contributed by atoms with van der Waals surface area (Å²) in [5, 5.41) is 3.27. The fourth-order valence-corrected chi connectivity index (χ4v) is 4.46. The van der Waals surface area contributed by atoms with Crippen LogP contribution in [-0.4, -0.2) is 65.5 Å². The van der Waals surface area contributed by atoms with Gasteiger partial charge in [0.05, 0.1) is 5.69 Å². The van der Waals surface area contributed by atoms with E-state index in [0.717, 1.165) is 55.4 Å². The van der Waals surface area contributed by atoms with Crippen molar-refractivity contribution in [2.75, 3.05) is 39.0 Å². The molecule has 1 N–H and O–H groups in total. The molecule has 2 aliphatic rings. The molecule has 0 aliphatic carbocycles. The molecule has 2 aromatic rings. The van der Waals surface area contributed by atoms with Crippen molar-refractivity contribution in [1.29, 1.82) is 0 Å². The van der Waals surface area contributed by atoms with Crippen molar-refractivity contribution < 1.29 is 9.53 Å². The van der Waals surface area contributed by atoms with E-state index in [1.165, 1.54) is 11.1 Å². The van der Waals surface area contributed by atoms with Crippen LogP contribution in [0.15, 0.2) is 24.3 Å². The molecule has 31 heavy (non-hydrogen) atoms. The number of aryl methyl sites for hydroxylation is 1. The van der Waals surface area contributed by atoms with Crippen LogP contribution in [-0.2, 0) is 17.8 Å². The fourth-order valence-electron chi connectivity index (χ4n) is 4.46. The van der Waals surface area contributed by atoms with E-state index >= 15 is 0 Å². The number of benzene rings is 1. The minimum Gasteiger partial charge on any atom is -0.481 e. The quantitative estimate of drug-likeness (QED) is 0.797. The molecule has 166 valence electrons. The second kappa shape index (κ2) is 9.22. The molecule has 1 saturated heterocycles. The molecule has 1 atom stereocenters. The molecule has 1 fully saturated rings. The number of ether oxygens (including phenoxy) is 1. The molecule has 0 unspecified atom stereocenters. The second-order valence-electron chi connectivity index (χ2n) is 8.77. The van der Waals surface area contributed by atoms with Gasteiger partial charge in [-0.2, -0.15) is 0 Å². The van der Waals surface area contributed by atoms with E-state index in [0.29, 0.717) is 13.1 Å². The van der Waals surface area contributed by atoms with Crippen molar-refractivity contribution in [2.24, 2.45) is 0 Å². The van der Waals surface area contributed by atoms with Crippen molar-refractivity contribution in [1.82, 2.24) is 19.8 Å². The molecule has 1 aromatic carbocycles. The first kappa shape index (κ1) is 21.6. The summed E-state index contributed by atoms with van der Waals surface area (Å²) in [5.41, 5.74) is 3.56. The molecule has 0 bridgehead atoms. The third kappa shape index (κ3) is 4.82. The zero-order chi connectivity index (χ0) is 22.0. The van der Waals surface area contributed by atoms with Gasteiger partial charge in [-0.05, 0) is 52.3 Å². The number of piperidine rings is 1. The Bertz CT molecular complexity index is 922. The maximum absolute atomic E-state index is 12.9. The van der Waals surface area contributed by atoms with Crippen LogP contribution in [0.1, 0.15) is 48.3 Å². The zero-order valence-electron chi connectivity index (χ0n) is 19.0. The van der Waals surface area contributed by atoms with Gasteiger partial charge in [-0.15, -0.1) is 0 Å². The number of likely N-dealkylation sites (tertiary alicyclic amines) is 1. The molecule has 1 aromatic heterocycles. The lowest BCUT2D eigenvalue weighted by Gasteiger charge is -2.33. The van der Waals surface area contributed by atoms with Crippen molar-refractivity contribution in [3.8, 4) is 5.75 Å². The highest BCUT2D eigenvalue weighted by molar-refractivity contribution is 5.81. The number of carbonyl (C=O) groups excluding carboxylic acids is 1. The number of fused-ring (bicyclic) bond motifs is 1. The number of aromatic nitrogens is 2. The monoisotopic (exact) mass is 423 g/mol. The summed E-state index contributed by atoms with van der Waals surface area (Å²) in [6.45, 7) is 7.18. The van der Waals surface area contributed by atoms with Gasteiger partial charge in [0.1, 0.15) is 17.4 Å². The Kier molecular flexibility index (Phi) is 6.41. The molecule has 0 radical (unpaired) electrons. The van der Waals surface area contributed by atoms with E-state index in [-0.39, 0.29) is 11.8 Å². The standard InChI is InChI=1S/C24H33N5O2/c1-16-5-7-19(8-6-16)31-17(2)24(30)29-13-9-18(10-14-29)22-26-21-15-28(4)12-11-20(21)23(25-3)27-22/h5-8,17-18H,9-15H2,1-4H3,(H,25,26,27)/t17-/m1/s1. The predicted octanol–water partition coefficient (Wildman–Crippen LogP) is 2.99. The van der Waals surface area contributed by atoms with Crippen molar-refractivity contribution in [3.63, 3.8) is 0 Å². The SMILES string of the molecule is CNc1nc(C2CCN(C(=O)[C@@H](C)Oc3ccc(C)cc3)CC2)nc2c1CCN(C)C2. The van der Waals surface area contributed by atoms with Gasteiger partial charge >= 0.3 is 0 Å². The maximum Gasteiger partial charge on any atom is 0.263 e. The van der Waals surface area contributed by atoms with Gasteiger partial charge in [-0.25, -0.2) is 9.97 Å². The third-order valence-electron chi connectivity index (χ3n) is 6.36. The van der Waals surface area contributed by atoms with Crippen LogP contribution >= 0.6 is 0 Å².